The Balaban J connectivity index is 2.44. The smallest absolute Gasteiger partial charge is 0.251 e. The molecule has 0 saturated carbocycles. The van der Waals surface area contributed by atoms with E-state index in [4.69, 9.17) is 0 Å². The highest BCUT2D eigenvalue weighted by Gasteiger charge is 2.41. The van der Waals surface area contributed by atoms with Gasteiger partial charge in [-0.2, -0.15) is 0 Å². The van der Waals surface area contributed by atoms with E-state index in [2.05, 4.69) is 21.2 Å². The minimum absolute atomic E-state index is 0.116. The molecule has 2 N–H and O–H groups in total. The van der Waals surface area contributed by atoms with Gasteiger partial charge in [-0.15, -0.1) is 0 Å². The van der Waals surface area contributed by atoms with Crippen molar-refractivity contribution in [3.05, 3.63) is 28.2 Å². The molecule has 0 spiro atoms. The molecule has 1 aliphatic heterocycles. The standard InChI is InChI=1S/C14H17BrN2O3/c1-8(18)9-4-5-11(10(15)6-9)17-7-12(19)16-13(20)14(17,2)3/h4-6,8,18H,7H2,1-3H3,(H,16,19,20)/t8-/m1/s1. The molecule has 1 aromatic carbocycles. The number of hydrogen-bond donors (Lipinski definition) is 2. The number of halogens is 1. The maximum atomic E-state index is 12.0. The normalized spacial score (nSPS) is 19.8. The second-order valence-electron chi connectivity index (χ2n) is 5.41. The number of anilines is 1. The van der Waals surface area contributed by atoms with Crippen LogP contribution in [-0.2, 0) is 9.59 Å². The molecule has 108 valence electrons. The summed E-state index contributed by atoms with van der Waals surface area (Å²) in [6.45, 7) is 5.34. The summed E-state index contributed by atoms with van der Waals surface area (Å²) in [5, 5.41) is 11.9. The largest absolute Gasteiger partial charge is 0.389 e. The van der Waals surface area contributed by atoms with Crippen molar-refractivity contribution < 1.29 is 14.7 Å². The van der Waals surface area contributed by atoms with Crippen LogP contribution < -0.4 is 10.2 Å². The van der Waals surface area contributed by atoms with E-state index < -0.39 is 11.6 Å². The van der Waals surface area contributed by atoms with Gasteiger partial charge in [0.2, 0.25) is 5.91 Å². The zero-order valence-corrected chi connectivity index (χ0v) is 13.2. The van der Waals surface area contributed by atoms with Gasteiger partial charge in [0.15, 0.2) is 0 Å². The lowest BCUT2D eigenvalue weighted by Crippen LogP contribution is -2.64. The Morgan fingerprint density at radius 2 is 2.05 bits per heavy atom. The molecule has 0 radical (unpaired) electrons. The van der Waals surface area contributed by atoms with Crippen LogP contribution in [0.1, 0.15) is 32.4 Å². The number of nitrogens with zero attached hydrogens (tertiary/aromatic N) is 1. The summed E-state index contributed by atoms with van der Waals surface area (Å²) in [5.74, 6) is -0.638. The van der Waals surface area contributed by atoms with Gasteiger partial charge in [0, 0.05) is 4.47 Å². The average molecular weight is 341 g/mol. The third-order valence-electron chi connectivity index (χ3n) is 3.53. The van der Waals surface area contributed by atoms with Gasteiger partial charge in [-0.1, -0.05) is 6.07 Å². The topological polar surface area (TPSA) is 69.6 Å². The molecule has 0 aliphatic carbocycles. The Kier molecular flexibility index (Phi) is 3.88. The first-order chi connectivity index (χ1) is 9.23. The highest BCUT2D eigenvalue weighted by Crippen LogP contribution is 2.34. The van der Waals surface area contributed by atoms with E-state index in [0.717, 1.165) is 15.7 Å². The maximum absolute atomic E-state index is 12.0. The van der Waals surface area contributed by atoms with Crippen LogP contribution >= 0.6 is 15.9 Å². The van der Waals surface area contributed by atoms with Crippen LogP contribution in [0.25, 0.3) is 0 Å². The molecule has 1 heterocycles. The third kappa shape index (κ3) is 2.58. The highest BCUT2D eigenvalue weighted by atomic mass is 79.9. The van der Waals surface area contributed by atoms with Crippen LogP contribution in [-0.4, -0.2) is 29.0 Å². The number of carbonyl (C=O) groups excluding carboxylic acids is 2. The fraction of sp³-hybridized carbons (Fsp3) is 0.429. The number of benzene rings is 1. The monoisotopic (exact) mass is 340 g/mol. The summed E-state index contributed by atoms with van der Waals surface area (Å²) in [6, 6.07) is 5.39. The van der Waals surface area contributed by atoms with E-state index in [-0.39, 0.29) is 18.4 Å². The molecule has 2 rings (SSSR count). The summed E-state index contributed by atoms with van der Waals surface area (Å²) in [4.78, 5) is 25.3. The van der Waals surface area contributed by atoms with Crippen LogP contribution in [0.15, 0.2) is 22.7 Å². The van der Waals surface area contributed by atoms with E-state index >= 15 is 0 Å². The lowest BCUT2D eigenvalue weighted by molar-refractivity contribution is -0.135. The van der Waals surface area contributed by atoms with Crippen LogP contribution in [0.5, 0.6) is 0 Å². The molecule has 1 aliphatic rings. The van der Waals surface area contributed by atoms with Crippen molar-refractivity contribution in [3.8, 4) is 0 Å². The first-order valence-electron chi connectivity index (χ1n) is 6.33. The molecular weight excluding hydrogens is 324 g/mol. The van der Waals surface area contributed by atoms with Crippen molar-refractivity contribution in [3.63, 3.8) is 0 Å². The molecule has 1 aromatic rings. The SMILES string of the molecule is C[C@@H](O)c1ccc(N2CC(=O)NC(=O)C2(C)C)c(Br)c1. The van der Waals surface area contributed by atoms with Crippen LogP contribution in [0.4, 0.5) is 5.69 Å². The summed E-state index contributed by atoms with van der Waals surface area (Å²) in [7, 11) is 0. The Labute approximate surface area is 126 Å². The minimum atomic E-state index is -0.817. The molecule has 20 heavy (non-hydrogen) atoms. The Hall–Kier alpha value is -1.40. The van der Waals surface area contributed by atoms with Crippen molar-refractivity contribution in [2.45, 2.75) is 32.4 Å². The van der Waals surface area contributed by atoms with Crippen molar-refractivity contribution in [2.75, 3.05) is 11.4 Å². The molecule has 0 aromatic heterocycles. The number of aliphatic hydroxyl groups is 1. The van der Waals surface area contributed by atoms with E-state index in [1.54, 1.807) is 43.9 Å². The van der Waals surface area contributed by atoms with Gasteiger partial charge in [0.1, 0.15) is 5.54 Å². The van der Waals surface area contributed by atoms with E-state index in [0.29, 0.717) is 0 Å². The van der Waals surface area contributed by atoms with Crippen LogP contribution in [0.3, 0.4) is 0 Å². The second-order valence-corrected chi connectivity index (χ2v) is 6.26. The van der Waals surface area contributed by atoms with Crippen molar-refractivity contribution in [1.29, 1.82) is 0 Å². The Morgan fingerprint density at radius 1 is 1.40 bits per heavy atom. The average Bonchev–Trinajstić information content (AvgIpc) is 2.34. The second kappa shape index (κ2) is 5.18. The van der Waals surface area contributed by atoms with Crippen molar-refractivity contribution >= 4 is 33.4 Å². The summed E-state index contributed by atoms with van der Waals surface area (Å²) < 4.78 is 0.742. The zero-order chi connectivity index (χ0) is 15.1. The summed E-state index contributed by atoms with van der Waals surface area (Å²) >= 11 is 3.45. The molecule has 0 unspecified atom stereocenters. The molecule has 2 amide bonds. The summed E-state index contributed by atoms with van der Waals surface area (Å²) in [5.41, 5.74) is 0.705. The van der Waals surface area contributed by atoms with Gasteiger partial charge in [-0.05, 0) is 54.4 Å². The number of rotatable bonds is 2. The Morgan fingerprint density at radius 3 is 2.60 bits per heavy atom. The predicted molar refractivity (Wildman–Crippen MR) is 79.4 cm³/mol. The molecule has 0 bridgehead atoms. The fourth-order valence-electron chi connectivity index (χ4n) is 2.17. The maximum Gasteiger partial charge on any atom is 0.251 e. The van der Waals surface area contributed by atoms with E-state index in [1.165, 1.54) is 0 Å². The van der Waals surface area contributed by atoms with Gasteiger partial charge in [0.25, 0.3) is 5.91 Å². The Bertz CT molecular complexity index is 570. The van der Waals surface area contributed by atoms with Gasteiger partial charge in [-0.25, -0.2) is 0 Å². The molecule has 1 fully saturated rings. The number of hydrogen-bond acceptors (Lipinski definition) is 4. The molecule has 5 nitrogen and oxygen atoms in total. The first-order valence-corrected chi connectivity index (χ1v) is 7.12. The van der Waals surface area contributed by atoms with Crippen LogP contribution in [0.2, 0.25) is 0 Å². The van der Waals surface area contributed by atoms with Gasteiger partial charge in [0.05, 0.1) is 18.3 Å². The van der Waals surface area contributed by atoms with Gasteiger partial charge in [-0.3, -0.25) is 14.9 Å². The number of piperazine rings is 1. The van der Waals surface area contributed by atoms with Gasteiger partial charge < -0.3 is 10.0 Å². The summed E-state index contributed by atoms with van der Waals surface area (Å²) in [6.07, 6.45) is -0.570. The lowest BCUT2D eigenvalue weighted by atomic mass is 9.97. The molecule has 6 heteroatoms. The number of imide groups is 1. The molecule has 1 saturated heterocycles. The van der Waals surface area contributed by atoms with Crippen molar-refractivity contribution in [2.24, 2.45) is 0 Å². The highest BCUT2D eigenvalue weighted by molar-refractivity contribution is 9.10. The number of amides is 2. The van der Waals surface area contributed by atoms with E-state index in [1.807, 2.05) is 0 Å². The number of carbonyl (C=O) groups is 2. The van der Waals surface area contributed by atoms with Gasteiger partial charge >= 0.3 is 0 Å². The molecule has 1 atom stereocenters. The molecular formula is C14H17BrN2O3. The number of nitrogens with one attached hydrogen (secondary N) is 1. The minimum Gasteiger partial charge on any atom is -0.389 e. The third-order valence-corrected chi connectivity index (χ3v) is 4.17. The first kappa shape index (κ1) is 15.0. The predicted octanol–water partition coefficient (Wildman–Crippen LogP) is 1.74. The van der Waals surface area contributed by atoms with E-state index in [9.17, 15) is 14.7 Å². The number of aliphatic hydroxyl groups excluding tert-OH is 1. The quantitative estimate of drug-likeness (QED) is 0.804. The van der Waals surface area contributed by atoms with Crippen LogP contribution in [0, 0.1) is 0 Å². The lowest BCUT2D eigenvalue weighted by Gasteiger charge is -2.42. The van der Waals surface area contributed by atoms with Crippen molar-refractivity contribution in [1.82, 2.24) is 5.32 Å². The zero-order valence-electron chi connectivity index (χ0n) is 11.6. The fourth-order valence-corrected chi connectivity index (χ4v) is 2.78.